The van der Waals surface area contributed by atoms with E-state index in [4.69, 9.17) is 5.11 Å². The maximum Gasteiger partial charge on any atom is 0.305 e. The smallest absolute Gasteiger partial charge is 0.305 e. The maximum absolute atomic E-state index is 11.0. The Morgan fingerprint density at radius 2 is 1.60 bits per heavy atom. The molecule has 25 heavy (non-hydrogen) atoms. The molecule has 1 N–H and O–H groups in total. The topological polar surface area (TPSA) is 63.6 Å². The summed E-state index contributed by atoms with van der Waals surface area (Å²) in [6.07, 6.45) is 18.6. The Hall–Kier alpha value is -1.32. The van der Waals surface area contributed by atoms with Gasteiger partial charge in [-0.25, -0.2) is 0 Å². The lowest BCUT2D eigenvalue weighted by Gasteiger charge is -2.10. The molecule has 0 spiro atoms. The second kappa shape index (κ2) is 17.5. The average molecular weight is 355 g/mol. The lowest BCUT2D eigenvalue weighted by molar-refractivity contribution is -0.141. The Balaban J connectivity index is 3.82. The van der Waals surface area contributed by atoms with E-state index in [0.717, 1.165) is 38.5 Å². The Kier molecular flexibility index (Phi) is 16.6. The van der Waals surface area contributed by atoms with E-state index in [1.807, 2.05) is 0 Å². The third-order valence-corrected chi connectivity index (χ3v) is 4.50. The number of ether oxygens (including phenoxy) is 1. The van der Waals surface area contributed by atoms with Crippen molar-refractivity contribution in [3.63, 3.8) is 0 Å². The summed E-state index contributed by atoms with van der Waals surface area (Å²) in [7, 11) is 1.41. The monoisotopic (exact) mass is 354 g/mol. The highest BCUT2D eigenvalue weighted by Crippen LogP contribution is 2.17. The molecule has 0 aromatic carbocycles. The van der Waals surface area contributed by atoms with Gasteiger partial charge in [-0.05, 0) is 31.6 Å². The number of esters is 1. The molecule has 0 bridgehead atoms. The molecule has 0 fully saturated rings. The highest BCUT2D eigenvalue weighted by atomic mass is 16.5. The van der Waals surface area contributed by atoms with Crippen molar-refractivity contribution in [2.45, 2.75) is 96.8 Å². The van der Waals surface area contributed by atoms with Gasteiger partial charge in [-0.2, -0.15) is 0 Å². The first-order valence-electron chi connectivity index (χ1n) is 10.0. The summed E-state index contributed by atoms with van der Waals surface area (Å²) in [6.45, 7) is 2.23. The summed E-state index contributed by atoms with van der Waals surface area (Å²) in [5.41, 5.74) is 0. The van der Waals surface area contributed by atoms with Gasteiger partial charge in [-0.1, -0.05) is 70.4 Å². The van der Waals surface area contributed by atoms with Gasteiger partial charge in [0.25, 0.3) is 0 Å². The number of rotatable bonds is 17. The van der Waals surface area contributed by atoms with E-state index >= 15 is 0 Å². The average Bonchev–Trinajstić information content (AvgIpc) is 2.59. The van der Waals surface area contributed by atoms with Crippen LogP contribution in [-0.4, -0.2) is 24.2 Å². The fourth-order valence-electron chi connectivity index (χ4n) is 2.95. The van der Waals surface area contributed by atoms with E-state index < -0.39 is 5.97 Å². The van der Waals surface area contributed by atoms with Gasteiger partial charge in [0, 0.05) is 6.42 Å². The van der Waals surface area contributed by atoms with E-state index in [9.17, 15) is 9.59 Å². The van der Waals surface area contributed by atoms with Crippen molar-refractivity contribution in [1.82, 2.24) is 0 Å². The van der Waals surface area contributed by atoms with Crippen LogP contribution in [0.5, 0.6) is 0 Å². The van der Waals surface area contributed by atoms with Crippen LogP contribution in [0.25, 0.3) is 0 Å². The zero-order chi connectivity index (χ0) is 18.8. The molecule has 0 saturated carbocycles. The zero-order valence-electron chi connectivity index (χ0n) is 16.3. The summed E-state index contributed by atoms with van der Waals surface area (Å²) in [5.74, 6) is -0.737. The third kappa shape index (κ3) is 17.3. The second-order valence-corrected chi connectivity index (χ2v) is 6.87. The predicted octanol–water partition coefficient (Wildman–Crippen LogP) is 5.90. The highest BCUT2D eigenvalue weighted by molar-refractivity contribution is 5.69. The van der Waals surface area contributed by atoms with Crippen LogP contribution < -0.4 is 0 Å². The molecular formula is C21H38O4. The minimum atomic E-state index is -0.722. The van der Waals surface area contributed by atoms with Gasteiger partial charge >= 0.3 is 11.9 Å². The first-order chi connectivity index (χ1) is 12.1. The van der Waals surface area contributed by atoms with E-state index in [1.54, 1.807) is 0 Å². The van der Waals surface area contributed by atoms with E-state index in [1.165, 1.54) is 45.6 Å². The van der Waals surface area contributed by atoms with Crippen LogP contribution in [0, 0.1) is 5.92 Å². The number of carbonyl (C=O) groups excluding carboxylic acids is 1. The highest BCUT2D eigenvalue weighted by Gasteiger charge is 2.09. The van der Waals surface area contributed by atoms with Crippen molar-refractivity contribution in [2.75, 3.05) is 7.11 Å². The first kappa shape index (κ1) is 23.7. The van der Waals surface area contributed by atoms with Crippen LogP contribution in [0.15, 0.2) is 12.2 Å². The molecule has 1 atom stereocenters. The second-order valence-electron chi connectivity index (χ2n) is 6.87. The van der Waals surface area contributed by atoms with Crippen molar-refractivity contribution in [3.8, 4) is 0 Å². The van der Waals surface area contributed by atoms with Crippen LogP contribution in [0.2, 0.25) is 0 Å². The summed E-state index contributed by atoms with van der Waals surface area (Å²) in [5, 5.41) is 9.05. The zero-order valence-corrected chi connectivity index (χ0v) is 16.3. The molecule has 4 nitrogen and oxygen atoms in total. The number of aliphatic carboxylic acids is 1. The van der Waals surface area contributed by atoms with Gasteiger partial charge in [0.05, 0.1) is 13.5 Å². The summed E-state index contributed by atoms with van der Waals surface area (Å²) in [6, 6.07) is 0. The number of carboxylic acid groups (broad SMARTS) is 1. The molecule has 0 radical (unpaired) electrons. The first-order valence-corrected chi connectivity index (χ1v) is 10.0. The Morgan fingerprint density at radius 1 is 0.960 bits per heavy atom. The lowest BCUT2D eigenvalue weighted by Crippen LogP contribution is -2.05. The fraction of sp³-hybridized carbons (Fsp3) is 0.810. The van der Waals surface area contributed by atoms with Crippen molar-refractivity contribution < 1.29 is 19.4 Å². The SMILES string of the molecule is CCCCCCCCC=CC(CCCCCCC(=O)OC)CC(=O)O. The third-order valence-electron chi connectivity index (χ3n) is 4.50. The molecule has 0 aromatic heterocycles. The van der Waals surface area contributed by atoms with Gasteiger partial charge in [-0.15, -0.1) is 0 Å². The number of hydrogen-bond donors (Lipinski definition) is 1. The molecular weight excluding hydrogens is 316 g/mol. The number of unbranched alkanes of at least 4 members (excludes halogenated alkanes) is 9. The largest absolute Gasteiger partial charge is 0.481 e. The Bertz CT molecular complexity index is 363. The molecule has 146 valence electrons. The predicted molar refractivity (Wildman–Crippen MR) is 103 cm³/mol. The fourth-order valence-corrected chi connectivity index (χ4v) is 2.95. The van der Waals surface area contributed by atoms with Gasteiger partial charge in [0.2, 0.25) is 0 Å². The van der Waals surface area contributed by atoms with Crippen LogP contribution >= 0.6 is 0 Å². The van der Waals surface area contributed by atoms with Crippen molar-refractivity contribution in [1.29, 1.82) is 0 Å². The molecule has 0 aliphatic rings. The van der Waals surface area contributed by atoms with Gasteiger partial charge < -0.3 is 9.84 Å². The normalized spacial score (nSPS) is 12.4. The Labute approximate surface area is 154 Å². The van der Waals surface area contributed by atoms with Crippen molar-refractivity contribution in [3.05, 3.63) is 12.2 Å². The lowest BCUT2D eigenvalue weighted by atomic mass is 9.96. The van der Waals surface area contributed by atoms with Crippen LogP contribution in [0.3, 0.4) is 0 Å². The minimum absolute atomic E-state index is 0.137. The molecule has 0 aromatic rings. The molecule has 0 heterocycles. The van der Waals surface area contributed by atoms with Gasteiger partial charge in [0.15, 0.2) is 0 Å². The molecule has 0 aliphatic carbocycles. The van der Waals surface area contributed by atoms with E-state index in [-0.39, 0.29) is 18.3 Å². The molecule has 0 aliphatic heterocycles. The van der Waals surface area contributed by atoms with Crippen LogP contribution in [0.1, 0.15) is 96.8 Å². The van der Waals surface area contributed by atoms with E-state index in [2.05, 4.69) is 23.8 Å². The molecule has 0 saturated heterocycles. The number of hydrogen-bond acceptors (Lipinski definition) is 3. The molecule has 4 heteroatoms. The molecule has 1 unspecified atom stereocenters. The minimum Gasteiger partial charge on any atom is -0.481 e. The number of methoxy groups -OCH3 is 1. The summed E-state index contributed by atoms with van der Waals surface area (Å²) in [4.78, 5) is 22.0. The maximum atomic E-state index is 11.0. The van der Waals surface area contributed by atoms with Crippen LogP contribution in [0.4, 0.5) is 0 Å². The summed E-state index contributed by atoms with van der Waals surface area (Å²) >= 11 is 0. The van der Waals surface area contributed by atoms with E-state index in [0.29, 0.717) is 6.42 Å². The standard InChI is InChI=1S/C21H38O4/c1-3-4-5-6-7-8-9-12-15-19(18-20(22)23)16-13-10-11-14-17-21(24)25-2/h12,15,19H,3-11,13-14,16-18H2,1-2H3,(H,22,23). The summed E-state index contributed by atoms with van der Waals surface area (Å²) < 4.78 is 4.62. The van der Waals surface area contributed by atoms with Crippen LogP contribution in [-0.2, 0) is 14.3 Å². The van der Waals surface area contributed by atoms with Gasteiger partial charge in [0.1, 0.15) is 0 Å². The number of carboxylic acids is 1. The quantitative estimate of drug-likeness (QED) is 0.201. The molecule has 0 amide bonds. The molecule has 0 rings (SSSR count). The van der Waals surface area contributed by atoms with Crippen molar-refractivity contribution in [2.24, 2.45) is 5.92 Å². The number of carbonyl (C=O) groups is 2. The van der Waals surface area contributed by atoms with Crippen molar-refractivity contribution >= 4 is 11.9 Å². The number of allylic oxidation sites excluding steroid dienone is 2. The Morgan fingerprint density at radius 3 is 2.28 bits per heavy atom. The van der Waals surface area contributed by atoms with Gasteiger partial charge in [-0.3, -0.25) is 9.59 Å².